The zero-order valence-corrected chi connectivity index (χ0v) is 13.4. The average Bonchev–Trinajstić information content (AvgIpc) is 3.12. The van der Waals surface area contributed by atoms with Gasteiger partial charge in [0.1, 0.15) is 11.8 Å². The van der Waals surface area contributed by atoms with Crippen LogP contribution in [0.3, 0.4) is 0 Å². The van der Waals surface area contributed by atoms with Crippen molar-refractivity contribution < 1.29 is 4.74 Å². The second-order valence-electron chi connectivity index (χ2n) is 6.02. The fraction of sp³-hybridized carbons (Fsp3) is 0.200. The van der Waals surface area contributed by atoms with E-state index in [4.69, 9.17) is 4.74 Å². The highest BCUT2D eigenvalue weighted by atomic mass is 16.5. The number of benzene rings is 2. The highest BCUT2D eigenvalue weighted by molar-refractivity contribution is 5.88. The number of nitriles is 1. The van der Waals surface area contributed by atoms with Gasteiger partial charge in [-0.15, -0.1) is 0 Å². The van der Waals surface area contributed by atoms with E-state index in [2.05, 4.69) is 6.07 Å². The molecule has 1 aliphatic rings. The molecule has 0 unspecified atom stereocenters. The molecule has 2 aromatic carbocycles. The summed E-state index contributed by atoms with van der Waals surface area (Å²) in [6.45, 7) is 0.696. The van der Waals surface area contributed by atoms with Crippen molar-refractivity contribution in [3.63, 3.8) is 0 Å². The molecule has 0 atom stereocenters. The Bertz CT molecular complexity index is 1060. The van der Waals surface area contributed by atoms with Crippen LogP contribution in [0.1, 0.15) is 17.7 Å². The van der Waals surface area contributed by atoms with E-state index in [1.807, 2.05) is 36.4 Å². The van der Waals surface area contributed by atoms with Gasteiger partial charge in [0.2, 0.25) is 0 Å². The molecule has 0 aliphatic carbocycles. The lowest BCUT2D eigenvalue weighted by Gasteiger charge is -2.10. The van der Waals surface area contributed by atoms with E-state index in [9.17, 15) is 10.1 Å². The topological polar surface area (TPSA) is 55.0 Å². The first-order valence-corrected chi connectivity index (χ1v) is 7.96. The first kappa shape index (κ1) is 14.5. The largest absolute Gasteiger partial charge is 0.497 e. The third-order valence-electron chi connectivity index (χ3n) is 4.68. The van der Waals surface area contributed by atoms with Crippen molar-refractivity contribution in [2.75, 3.05) is 7.11 Å². The predicted octanol–water partition coefficient (Wildman–Crippen LogP) is 3.49. The van der Waals surface area contributed by atoms with Crippen molar-refractivity contribution in [3.8, 4) is 22.9 Å². The molecule has 4 heteroatoms. The summed E-state index contributed by atoms with van der Waals surface area (Å²) in [4.78, 5) is 12.8. The van der Waals surface area contributed by atoms with Crippen molar-refractivity contribution in [1.82, 2.24) is 4.57 Å². The Morgan fingerprint density at radius 3 is 2.71 bits per heavy atom. The SMILES string of the molecule is COc1ccc2cc(-c3cc(C#N)c4n(c3=O)CCC4)ccc2c1. The van der Waals surface area contributed by atoms with Gasteiger partial charge in [-0.25, -0.2) is 0 Å². The molecule has 2 heterocycles. The van der Waals surface area contributed by atoms with Crippen molar-refractivity contribution >= 4 is 10.8 Å². The van der Waals surface area contributed by atoms with Gasteiger partial charge in [-0.05, 0) is 53.4 Å². The van der Waals surface area contributed by atoms with Crippen molar-refractivity contribution in [2.24, 2.45) is 0 Å². The Balaban J connectivity index is 1.92. The number of pyridine rings is 1. The van der Waals surface area contributed by atoms with Gasteiger partial charge in [0.25, 0.3) is 5.56 Å². The normalized spacial score (nSPS) is 12.8. The minimum Gasteiger partial charge on any atom is -0.497 e. The van der Waals surface area contributed by atoms with Gasteiger partial charge in [0.05, 0.1) is 12.7 Å². The third kappa shape index (κ3) is 2.17. The van der Waals surface area contributed by atoms with Crippen LogP contribution in [0.15, 0.2) is 47.3 Å². The van der Waals surface area contributed by atoms with Crippen LogP contribution in [-0.4, -0.2) is 11.7 Å². The summed E-state index contributed by atoms with van der Waals surface area (Å²) in [5.41, 5.74) is 2.91. The molecule has 0 fully saturated rings. The van der Waals surface area contributed by atoms with E-state index in [1.54, 1.807) is 17.7 Å². The second kappa shape index (κ2) is 5.54. The van der Waals surface area contributed by atoms with Crippen LogP contribution in [0.4, 0.5) is 0 Å². The van der Waals surface area contributed by atoms with Crippen LogP contribution in [0, 0.1) is 11.3 Å². The summed E-state index contributed by atoms with van der Waals surface area (Å²) in [5, 5.41) is 11.5. The van der Waals surface area contributed by atoms with Crippen molar-refractivity contribution in [1.29, 1.82) is 5.26 Å². The lowest BCUT2D eigenvalue weighted by Crippen LogP contribution is -2.22. The Morgan fingerprint density at radius 1 is 1.12 bits per heavy atom. The number of fused-ring (bicyclic) bond motifs is 2. The number of aromatic nitrogens is 1. The van der Waals surface area contributed by atoms with Crippen LogP contribution in [-0.2, 0) is 13.0 Å². The maximum absolute atomic E-state index is 12.8. The third-order valence-corrected chi connectivity index (χ3v) is 4.68. The van der Waals surface area contributed by atoms with E-state index >= 15 is 0 Å². The standard InChI is InChI=1S/C20H16N2O2/c1-24-17-7-6-13-9-15(5-4-14(13)10-17)18-11-16(12-21)19-3-2-8-22(19)20(18)23/h4-7,9-11H,2-3,8H2,1H3. The van der Waals surface area contributed by atoms with E-state index in [0.29, 0.717) is 17.7 Å². The highest BCUT2D eigenvalue weighted by Crippen LogP contribution is 2.27. The summed E-state index contributed by atoms with van der Waals surface area (Å²) in [7, 11) is 1.64. The first-order valence-electron chi connectivity index (χ1n) is 7.96. The van der Waals surface area contributed by atoms with Crippen LogP contribution in [0.25, 0.3) is 21.9 Å². The van der Waals surface area contributed by atoms with Gasteiger partial charge in [0.15, 0.2) is 0 Å². The molecule has 0 spiro atoms. The molecule has 118 valence electrons. The number of rotatable bonds is 2. The summed E-state index contributed by atoms with van der Waals surface area (Å²) in [6, 6.07) is 15.7. The van der Waals surface area contributed by atoms with Gasteiger partial charge < -0.3 is 9.30 Å². The van der Waals surface area contributed by atoms with Crippen LogP contribution < -0.4 is 10.3 Å². The van der Waals surface area contributed by atoms with Crippen LogP contribution in [0.5, 0.6) is 5.75 Å². The molecule has 0 bridgehead atoms. The van der Waals surface area contributed by atoms with Crippen molar-refractivity contribution in [3.05, 3.63) is 64.1 Å². The number of ether oxygens (including phenoxy) is 1. The molecule has 0 N–H and O–H groups in total. The van der Waals surface area contributed by atoms with Gasteiger partial charge in [-0.3, -0.25) is 4.79 Å². The quantitative estimate of drug-likeness (QED) is 0.727. The number of nitrogens with zero attached hydrogens (tertiary/aromatic N) is 2. The molecule has 4 rings (SSSR count). The molecule has 1 aromatic heterocycles. The Hall–Kier alpha value is -3.06. The first-order chi connectivity index (χ1) is 11.7. The van der Waals surface area contributed by atoms with Crippen LogP contribution in [0.2, 0.25) is 0 Å². The number of methoxy groups -OCH3 is 1. The lowest BCUT2D eigenvalue weighted by molar-refractivity contribution is 0.415. The molecule has 1 aliphatic heterocycles. The van der Waals surface area contributed by atoms with Gasteiger partial charge >= 0.3 is 0 Å². The minimum absolute atomic E-state index is 0.00522. The molecule has 0 radical (unpaired) electrons. The summed E-state index contributed by atoms with van der Waals surface area (Å²) in [5.74, 6) is 0.805. The van der Waals surface area contributed by atoms with Gasteiger partial charge in [0, 0.05) is 17.8 Å². The Kier molecular flexibility index (Phi) is 3.35. The second-order valence-corrected chi connectivity index (χ2v) is 6.02. The molecular formula is C20H16N2O2. The van der Waals surface area contributed by atoms with E-state index in [1.165, 1.54) is 0 Å². The van der Waals surface area contributed by atoms with Crippen molar-refractivity contribution in [2.45, 2.75) is 19.4 Å². The fourth-order valence-electron chi connectivity index (χ4n) is 3.44. The lowest BCUT2D eigenvalue weighted by atomic mass is 10.00. The zero-order chi connectivity index (χ0) is 16.7. The molecule has 24 heavy (non-hydrogen) atoms. The number of hydrogen-bond donors (Lipinski definition) is 0. The highest BCUT2D eigenvalue weighted by Gasteiger charge is 2.19. The smallest absolute Gasteiger partial charge is 0.258 e. The maximum Gasteiger partial charge on any atom is 0.258 e. The molecular weight excluding hydrogens is 300 g/mol. The molecule has 0 saturated heterocycles. The summed E-state index contributed by atoms with van der Waals surface area (Å²) < 4.78 is 7.00. The number of hydrogen-bond acceptors (Lipinski definition) is 3. The molecule has 4 nitrogen and oxygen atoms in total. The molecule has 3 aromatic rings. The minimum atomic E-state index is -0.00522. The Morgan fingerprint density at radius 2 is 1.92 bits per heavy atom. The van der Waals surface area contributed by atoms with E-state index < -0.39 is 0 Å². The zero-order valence-electron chi connectivity index (χ0n) is 13.4. The fourth-order valence-corrected chi connectivity index (χ4v) is 3.44. The van der Waals surface area contributed by atoms with Gasteiger partial charge in [-0.1, -0.05) is 18.2 Å². The predicted molar refractivity (Wildman–Crippen MR) is 93.2 cm³/mol. The van der Waals surface area contributed by atoms with E-state index in [0.717, 1.165) is 40.6 Å². The Labute approximate surface area is 139 Å². The summed E-state index contributed by atoms with van der Waals surface area (Å²) in [6.07, 6.45) is 1.72. The monoisotopic (exact) mass is 316 g/mol. The van der Waals surface area contributed by atoms with Crippen LogP contribution >= 0.6 is 0 Å². The summed E-state index contributed by atoms with van der Waals surface area (Å²) >= 11 is 0. The molecule has 0 saturated carbocycles. The molecule has 0 amide bonds. The van der Waals surface area contributed by atoms with E-state index in [-0.39, 0.29) is 5.56 Å². The maximum atomic E-state index is 12.8. The van der Waals surface area contributed by atoms with Gasteiger partial charge in [-0.2, -0.15) is 5.26 Å². The average molecular weight is 316 g/mol.